The van der Waals surface area contributed by atoms with Crippen LogP contribution in [0.3, 0.4) is 0 Å². The number of fused-ring (bicyclic) bond motifs is 1. The van der Waals surface area contributed by atoms with Crippen molar-refractivity contribution in [2.45, 2.75) is 13.1 Å². The molecule has 7 heteroatoms. The molecule has 1 aliphatic rings. The normalized spacial score (nSPS) is 13.9. The van der Waals surface area contributed by atoms with E-state index in [-0.39, 0.29) is 11.6 Å². The number of pyridine rings is 1. The van der Waals surface area contributed by atoms with Crippen molar-refractivity contribution >= 4 is 11.9 Å². The molecule has 2 aromatic rings. The van der Waals surface area contributed by atoms with Gasteiger partial charge in [-0.1, -0.05) is 0 Å². The van der Waals surface area contributed by atoms with Gasteiger partial charge in [-0.3, -0.25) is 4.79 Å². The largest absolute Gasteiger partial charge is 0.477 e. The number of hydrogen-bond acceptors (Lipinski definition) is 4. The van der Waals surface area contributed by atoms with Crippen LogP contribution in [0.25, 0.3) is 0 Å². The standard InChI is InChI=1S/C13H12N4O3/c18-12(9-1-2-14-10(7-9)13(19)20)17-6-5-16-4-3-15-11(16)8-17/h1-4,7H,5-6,8H2,(H,19,20). The van der Waals surface area contributed by atoms with E-state index in [2.05, 4.69) is 9.97 Å². The minimum absolute atomic E-state index is 0.130. The Hall–Kier alpha value is -2.70. The summed E-state index contributed by atoms with van der Waals surface area (Å²) in [5.74, 6) is -0.518. The molecule has 102 valence electrons. The Balaban J connectivity index is 1.83. The number of nitrogens with zero attached hydrogens (tertiary/aromatic N) is 4. The molecule has 3 rings (SSSR count). The van der Waals surface area contributed by atoms with Crippen molar-refractivity contribution in [2.75, 3.05) is 6.54 Å². The number of amides is 1. The molecule has 20 heavy (non-hydrogen) atoms. The van der Waals surface area contributed by atoms with Crippen molar-refractivity contribution in [3.8, 4) is 0 Å². The second-order valence-corrected chi connectivity index (χ2v) is 4.50. The highest BCUT2D eigenvalue weighted by molar-refractivity contribution is 5.96. The molecule has 0 unspecified atom stereocenters. The Morgan fingerprint density at radius 2 is 2.05 bits per heavy atom. The molecule has 0 bridgehead atoms. The van der Waals surface area contributed by atoms with E-state index in [1.165, 1.54) is 18.3 Å². The van der Waals surface area contributed by atoms with Gasteiger partial charge in [-0.15, -0.1) is 0 Å². The summed E-state index contributed by atoms with van der Waals surface area (Å²) in [4.78, 5) is 32.8. The van der Waals surface area contributed by atoms with Crippen LogP contribution in [0, 0.1) is 0 Å². The lowest BCUT2D eigenvalue weighted by Gasteiger charge is -2.27. The highest BCUT2D eigenvalue weighted by Gasteiger charge is 2.23. The zero-order chi connectivity index (χ0) is 14.1. The van der Waals surface area contributed by atoms with Crippen LogP contribution in [-0.4, -0.2) is 43.0 Å². The number of hydrogen-bond donors (Lipinski definition) is 1. The Morgan fingerprint density at radius 3 is 2.85 bits per heavy atom. The van der Waals surface area contributed by atoms with Crippen LogP contribution in [0.15, 0.2) is 30.7 Å². The van der Waals surface area contributed by atoms with E-state index in [0.29, 0.717) is 25.2 Å². The maximum atomic E-state index is 12.4. The van der Waals surface area contributed by atoms with E-state index < -0.39 is 5.97 Å². The highest BCUT2D eigenvalue weighted by Crippen LogP contribution is 2.14. The fourth-order valence-electron chi connectivity index (χ4n) is 2.21. The van der Waals surface area contributed by atoms with Gasteiger partial charge >= 0.3 is 5.97 Å². The van der Waals surface area contributed by atoms with Crippen LogP contribution in [0.5, 0.6) is 0 Å². The van der Waals surface area contributed by atoms with Crippen LogP contribution < -0.4 is 0 Å². The van der Waals surface area contributed by atoms with E-state index in [9.17, 15) is 9.59 Å². The van der Waals surface area contributed by atoms with Gasteiger partial charge in [0.05, 0.1) is 6.54 Å². The second-order valence-electron chi connectivity index (χ2n) is 4.50. The summed E-state index contributed by atoms with van der Waals surface area (Å²) in [6, 6.07) is 2.82. The minimum atomic E-state index is -1.14. The molecule has 0 aliphatic carbocycles. The molecule has 1 aliphatic heterocycles. The topological polar surface area (TPSA) is 88.3 Å². The van der Waals surface area contributed by atoms with Crippen LogP contribution >= 0.6 is 0 Å². The van der Waals surface area contributed by atoms with Gasteiger partial charge in [0.2, 0.25) is 0 Å². The SMILES string of the molecule is O=C(O)c1cc(C(=O)N2CCn3ccnc3C2)ccn1. The average molecular weight is 272 g/mol. The summed E-state index contributed by atoms with van der Waals surface area (Å²) in [5, 5.41) is 8.90. The number of imidazole rings is 1. The molecular weight excluding hydrogens is 260 g/mol. The number of carboxylic acids is 1. The molecular formula is C13H12N4O3. The predicted octanol–water partition coefficient (Wildman–Crippen LogP) is 0.632. The van der Waals surface area contributed by atoms with Gasteiger partial charge < -0.3 is 14.6 Å². The first-order valence-corrected chi connectivity index (χ1v) is 6.14. The van der Waals surface area contributed by atoms with Gasteiger partial charge in [0.1, 0.15) is 11.5 Å². The molecule has 0 fully saturated rings. The fourth-order valence-corrected chi connectivity index (χ4v) is 2.21. The van der Waals surface area contributed by atoms with Crippen LogP contribution in [0.1, 0.15) is 26.7 Å². The first-order chi connectivity index (χ1) is 9.65. The number of carboxylic acid groups (broad SMARTS) is 1. The number of carbonyl (C=O) groups is 2. The number of rotatable bonds is 2. The van der Waals surface area contributed by atoms with Crippen molar-refractivity contribution in [3.05, 3.63) is 47.8 Å². The summed E-state index contributed by atoms with van der Waals surface area (Å²) in [7, 11) is 0. The van der Waals surface area contributed by atoms with Crippen molar-refractivity contribution < 1.29 is 14.7 Å². The quantitative estimate of drug-likeness (QED) is 0.866. The molecule has 0 saturated carbocycles. The molecule has 0 radical (unpaired) electrons. The van der Waals surface area contributed by atoms with Gasteiger partial charge in [0, 0.05) is 37.2 Å². The third-order valence-corrected chi connectivity index (χ3v) is 3.26. The smallest absolute Gasteiger partial charge is 0.354 e. The van der Waals surface area contributed by atoms with Crippen LogP contribution in [0.4, 0.5) is 0 Å². The molecule has 0 aromatic carbocycles. The maximum absolute atomic E-state index is 12.4. The summed E-state index contributed by atoms with van der Waals surface area (Å²) >= 11 is 0. The first-order valence-electron chi connectivity index (χ1n) is 6.14. The lowest BCUT2D eigenvalue weighted by Crippen LogP contribution is -2.38. The van der Waals surface area contributed by atoms with Crippen LogP contribution in [0.2, 0.25) is 0 Å². The molecule has 1 N–H and O–H groups in total. The van der Waals surface area contributed by atoms with Gasteiger partial charge in [0.25, 0.3) is 5.91 Å². The third kappa shape index (κ3) is 2.13. The Kier molecular flexibility index (Phi) is 2.94. The number of aromatic nitrogens is 3. The van der Waals surface area contributed by atoms with Crippen molar-refractivity contribution in [1.82, 2.24) is 19.4 Å². The fraction of sp³-hybridized carbons (Fsp3) is 0.231. The van der Waals surface area contributed by atoms with Crippen molar-refractivity contribution in [3.63, 3.8) is 0 Å². The molecule has 0 spiro atoms. The molecule has 2 aromatic heterocycles. The summed E-state index contributed by atoms with van der Waals surface area (Å²) in [5.41, 5.74) is 0.201. The minimum Gasteiger partial charge on any atom is -0.477 e. The van der Waals surface area contributed by atoms with E-state index in [1.54, 1.807) is 11.1 Å². The van der Waals surface area contributed by atoms with Gasteiger partial charge in [-0.05, 0) is 12.1 Å². The van der Waals surface area contributed by atoms with E-state index in [4.69, 9.17) is 5.11 Å². The average Bonchev–Trinajstić information content (AvgIpc) is 2.94. The number of carbonyl (C=O) groups excluding carboxylic acids is 1. The molecule has 1 amide bonds. The van der Waals surface area contributed by atoms with E-state index in [0.717, 1.165) is 5.82 Å². The molecule has 7 nitrogen and oxygen atoms in total. The van der Waals surface area contributed by atoms with E-state index >= 15 is 0 Å². The van der Waals surface area contributed by atoms with Crippen LogP contribution in [-0.2, 0) is 13.1 Å². The predicted molar refractivity (Wildman–Crippen MR) is 68.2 cm³/mol. The molecule has 0 atom stereocenters. The van der Waals surface area contributed by atoms with Gasteiger partial charge in [-0.25, -0.2) is 14.8 Å². The molecule has 3 heterocycles. The van der Waals surface area contributed by atoms with Crippen molar-refractivity contribution in [1.29, 1.82) is 0 Å². The zero-order valence-corrected chi connectivity index (χ0v) is 10.6. The Labute approximate surface area is 114 Å². The van der Waals surface area contributed by atoms with Crippen molar-refractivity contribution in [2.24, 2.45) is 0 Å². The van der Waals surface area contributed by atoms with Gasteiger partial charge in [0.15, 0.2) is 0 Å². The first kappa shape index (κ1) is 12.3. The molecule has 0 saturated heterocycles. The summed E-state index contributed by atoms with van der Waals surface area (Å²) in [6.07, 6.45) is 4.92. The summed E-state index contributed by atoms with van der Waals surface area (Å²) < 4.78 is 2.00. The summed E-state index contributed by atoms with van der Waals surface area (Å²) in [6.45, 7) is 1.70. The monoisotopic (exact) mass is 272 g/mol. The number of aromatic carboxylic acids is 1. The second kappa shape index (κ2) is 4.76. The zero-order valence-electron chi connectivity index (χ0n) is 10.6. The Bertz CT molecular complexity index is 680. The Morgan fingerprint density at radius 1 is 1.20 bits per heavy atom. The maximum Gasteiger partial charge on any atom is 0.354 e. The lowest BCUT2D eigenvalue weighted by molar-refractivity contribution is 0.0690. The van der Waals surface area contributed by atoms with Gasteiger partial charge in [-0.2, -0.15) is 0 Å². The van der Waals surface area contributed by atoms with E-state index in [1.807, 2.05) is 10.8 Å². The third-order valence-electron chi connectivity index (χ3n) is 3.26. The lowest BCUT2D eigenvalue weighted by atomic mass is 10.2. The highest BCUT2D eigenvalue weighted by atomic mass is 16.4.